The van der Waals surface area contributed by atoms with Crippen LogP contribution in [0.3, 0.4) is 0 Å². The molecule has 14 nitrogen and oxygen atoms in total. The van der Waals surface area contributed by atoms with Crippen molar-refractivity contribution in [2.24, 2.45) is 25.4 Å². The SMILES string of the molecule is Nc1c(N=Nc2ccc(N=C(O)c3ccc(N=Nc4cc(S(=O)(=O)O)c5ccccc5c4N)cc3)cc2)cc(S(=O)(=O)O)c2ccccc12. The van der Waals surface area contributed by atoms with Crippen molar-refractivity contribution in [1.29, 1.82) is 0 Å². The van der Waals surface area contributed by atoms with E-state index in [2.05, 4.69) is 25.4 Å². The third-order valence-corrected chi connectivity index (χ3v) is 9.15. The summed E-state index contributed by atoms with van der Waals surface area (Å²) in [6.45, 7) is 0. The summed E-state index contributed by atoms with van der Waals surface area (Å²) >= 11 is 0. The Bertz CT molecular complexity index is 2570. The molecule has 0 aromatic heterocycles. The molecular weight excluding hydrogens is 671 g/mol. The maximum atomic E-state index is 12.0. The van der Waals surface area contributed by atoms with Crippen LogP contribution in [0.5, 0.6) is 0 Å². The maximum Gasteiger partial charge on any atom is 0.295 e. The van der Waals surface area contributed by atoms with Gasteiger partial charge in [-0.05, 0) is 60.7 Å². The average Bonchev–Trinajstić information content (AvgIpc) is 3.07. The first kappa shape index (κ1) is 32.9. The first-order valence-corrected chi connectivity index (χ1v) is 17.1. The van der Waals surface area contributed by atoms with Crippen LogP contribution in [-0.4, -0.2) is 36.9 Å². The average molecular weight is 696 g/mol. The normalized spacial score (nSPS) is 12.8. The number of nitrogen functional groups attached to an aromatic ring is 2. The highest BCUT2D eigenvalue weighted by molar-refractivity contribution is 7.86. The van der Waals surface area contributed by atoms with Crippen LogP contribution in [0.4, 0.5) is 39.8 Å². The fourth-order valence-electron chi connectivity index (χ4n) is 4.97. The van der Waals surface area contributed by atoms with Crippen LogP contribution in [0, 0.1) is 0 Å². The van der Waals surface area contributed by atoms with Gasteiger partial charge in [-0.2, -0.15) is 27.1 Å². The molecule has 246 valence electrons. The van der Waals surface area contributed by atoms with Crippen LogP contribution in [0.1, 0.15) is 5.56 Å². The molecule has 6 aromatic carbocycles. The molecule has 0 radical (unpaired) electrons. The van der Waals surface area contributed by atoms with Gasteiger partial charge in [-0.1, -0.05) is 48.5 Å². The summed E-state index contributed by atoms with van der Waals surface area (Å²) in [7, 11) is -9.12. The number of azo groups is 2. The summed E-state index contributed by atoms with van der Waals surface area (Å²) < 4.78 is 67.3. The van der Waals surface area contributed by atoms with E-state index in [1.165, 1.54) is 12.1 Å². The highest BCUT2D eigenvalue weighted by Gasteiger charge is 2.19. The van der Waals surface area contributed by atoms with Gasteiger partial charge in [0.15, 0.2) is 0 Å². The molecule has 0 aliphatic heterocycles. The van der Waals surface area contributed by atoms with E-state index in [9.17, 15) is 31.0 Å². The molecule has 49 heavy (non-hydrogen) atoms. The summed E-state index contributed by atoms with van der Waals surface area (Å²) in [5.41, 5.74) is 14.4. The fourth-order valence-corrected chi connectivity index (χ4v) is 6.41. The van der Waals surface area contributed by atoms with Crippen molar-refractivity contribution in [2.75, 3.05) is 11.5 Å². The second kappa shape index (κ2) is 12.9. The minimum absolute atomic E-state index is 0.0476. The number of aliphatic imine (C=N–C) groups is 1. The van der Waals surface area contributed by atoms with E-state index in [4.69, 9.17) is 11.5 Å². The number of nitrogens with two attached hydrogens (primary N) is 2. The number of hydrogen-bond donors (Lipinski definition) is 5. The number of nitrogens with zero attached hydrogens (tertiary/aromatic N) is 5. The smallest absolute Gasteiger partial charge is 0.295 e. The van der Waals surface area contributed by atoms with Crippen molar-refractivity contribution in [3.05, 3.63) is 115 Å². The highest BCUT2D eigenvalue weighted by atomic mass is 32.2. The fraction of sp³-hybridized carbons (Fsp3) is 0. The number of rotatable bonds is 8. The second-order valence-electron chi connectivity index (χ2n) is 10.6. The lowest BCUT2D eigenvalue weighted by Gasteiger charge is -2.09. The van der Waals surface area contributed by atoms with Crippen LogP contribution in [0.2, 0.25) is 0 Å². The summed E-state index contributed by atoms with van der Waals surface area (Å²) in [5.74, 6) is -0.295. The Morgan fingerprint density at radius 2 is 0.878 bits per heavy atom. The van der Waals surface area contributed by atoms with E-state index < -0.39 is 20.2 Å². The zero-order valence-corrected chi connectivity index (χ0v) is 26.7. The maximum absolute atomic E-state index is 12.0. The second-order valence-corrected chi connectivity index (χ2v) is 13.3. The van der Waals surface area contributed by atoms with Crippen molar-refractivity contribution in [2.45, 2.75) is 9.79 Å². The minimum Gasteiger partial charge on any atom is -0.493 e. The van der Waals surface area contributed by atoms with Crippen molar-refractivity contribution in [3.8, 4) is 0 Å². The van der Waals surface area contributed by atoms with Crippen LogP contribution in [0.25, 0.3) is 21.5 Å². The van der Waals surface area contributed by atoms with Crippen LogP contribution < -0.4 is 11.5 Å². The van der Waals surface area contributed by atoms with Gasteiger partial charge in [0, 0.05) is 27.1 Å². The number of anilines is 2. The van der Waals surface area contributed by atoms with Gasteiger partial charge in [0.25, 0.3) is 20.2 Å². The summed E-state index contributed by atoms with van der Waals surface area (Å²) in [5, 5.41) is 28.3. The third-order valence-electron chi connectivity index (χ3n) is 7.37. The highest BCUT2D eigenvalue weighted by Crippen LogP contribution is 2.38. The van der Waals surface area contributed by atoms with E-state index >= 15 is 0 Å². The van der Waals surface area contributed by atoms with E-state index in [-0.39, 0.29) is 49.2 Å². The van der Waals surface area contributed by atoms with Gasteiger partial charge in [-0.3, -0.25) is 9.11 Å². The monoisotopic (exact) mass is 695 g/mol. The Hall–Kier alpha value is -6.07. The van der Waals surface area contributed by atoms with E-state index in [0.29, 0.717) is 33.4 Å². The summed E-state index contributed by atoms with van der Waals surface area (Å²) in [6.07, 6.45) is 0. The van der Waals surface area contributed by atoms with E-state index in [0.717, 1.165) is 12.1 Å². The molecule has 0 fully saturated rings. The molecule has 16 heteroatoms. The van der Waals surface area contributed by atoms with Crippen molar-refractivity contribution in [1.82, 2.24) is 0 Å². The van der Waals surface area contributed by atoms with Gasteiger partial charge in [0.2, 0.25) is 5.90 Å². The summed E-state index contributed by atoms with van der Waals surface area (Å²) in [6, 6.07) is 27.7. The van der Waals surface area contributed by atoms with Crippen LogP contribution in [0.15, 0.2) is 144 Å². The molecule has 6 rings (SSSR count). The lowest BCUT2D eigenvalue weighted by atomic mass is 10.1. The van der Waals surface area contributed by atoms with Gasteiger partial charge in [-0.25, -0.2) is 4.99 Å². The lowest BCUT2D eigenvalue weighted by Crippen LogP contribution is -2.01. The molecule has 0 bridgehead atoms. The molecule has 0 atom stereocenters. The van der Waals surface area contributed by atoms with Gasteiger partial charge >= 0.3 is 0 Å². The minimum atomic E-state index is -4.56. The van der Waals surface area contributed by atoms with Crippen LogP contribution >= 0.6 is 0 Å². The first-order valence-electron chi connectivity index (χ1n) is 14.2. The number of fused-ring (bicyclic) bond motifs is 2. The lowest BCUT2D eigenvalue weighted by molar-refractivity contribution is 0.482. The molecule has 0 aliphatic carbocycles. The van der Waals surface area contributed by atoms with Crippen LogP contribution in [-0.2, 0) is 20.2 Å². The zero-order chi connectivity index (χ0) is 34.9. The topological polar surface area (TPSA) is 243 Å². The van der Waals surface area contributed by atoms with E-state index in [1.54, 1.807) is 84.9 Å². The molecule has 7 N–H and O–H groups in total. The van der Waals surface area contributed by atoms with Crippen molar-refractivity contribution in [3.63, 3.8) is 0 Å². The van der Waals surface area contributed by atoms with Gasteiger partial charge in [0.1, 0.15) is 21.2 Å². The molecule has 0 spiro atoms. The Morgan fingerprint density at radius 3 is 1.29 bits per heavy atom. The quantitative estimate of drug-likeness (QED) is 0.0339. The Kier molecular flexibility index (Phi) is 8.62. The number of benzene rings is 6. The van der Waals surface area contributed by atoms with Gasteiger partial charge in [-0.15, -0.1) is 10.2 Å². The third kappa shape index (κ3) is 6.97. The zero-order valence-electron chi connectivity index (χ0n) is 25.1. The Labute approximate surface area is 279 Å². The molecule has 0 saturated carbocycles. The number of hydrogen-bond acceptors (Lipinski definition) is 11. The molecule has 0 saturated heterocycles. The Balaban J connectivity index is 1.19. The molecule has 0 aliphatic rings. The molecule has 0 amide bonds. The number of aliphatic hydroxyl groups is 1. The number of aliphatic hydroxyl groups excluding tert-OH is 1. The van der Waals surface area contributed by atoms with E-state index in [1.807, 2.05) is 0 Å². The predicted octanol–water partition coefficient (Wildman–Crippen LogP) is 8.12. The van der Waals surface area contributed by atoms with Gasteiger partial charge in [0.05, 0.1) is 28.4 Å². The predicted molar refractivity (Wildman–Crippen MR) is 186 cm³/mol. The molecular formula is C33H25N7O7S2. The summed E-state index contributed by atoms with van der Waals surface area (Å²) in [4.78, 5) is 3.52. The molecule has 0 heterocycles. The molecule has 6 aromatic rings. The van der Waals surface area contributed by atoms with Crippen molar-refractivity contribution >= 4 is 87.5 Å². The standard InChI is InChI=1S/C33H25N7O7S2/c34-31-25-7-3-1-5-23(25)29(48(42,43)44)17-27(31)39-37-21-11-9-19(10-12-21)33(41)36-20-13-15-22(16-14-20)38-40-28-18-30(49(45,46)47)24-6-2-4-8-26(24)32(28)35/h1-18H,34-35H2,(H,36,41)(H,42,43,44)(H,45,46,47). The van der Waals surface area contributed by atoms with Gasteiger partial charge < -0.3 is 16.6 Å². The van der Waals surface area contributed by atoms with Crippen molar-refractivity contribution < 1.29 is 31.0 Å². The first-order chi connectivity index (χ1) is 23.3. The molecule has 0 unspecified atom stereocenters. The largest absolute Gasteiger partial charge is 0.493 e. The Morgan fingerprint density at radius 1 is 0.510 bits per heavy atom.